The molecule has 3 aromatic carbocycles. The van der Waals surface area contributed by atoms with Crippen LogP contribution in [0.3, 0.4) is 0 Å². The Bertz CT molecular complexity index is 1180. The van der Waals surface area contributed by atoms with E-state index in [1.807, 2.05) is 30.3 Å². The van der Waals surface area contributed by atoms with Crippen molar-refractivity contribution >= 4 is 17.5 Å². The molecule has 0 unspecified atom stereocenters. The summed E-state index contributed by atoms with van der Waals surface area (Å²) < 4.78 is 16.3. The van der Waals surface area contributed by atoms with Crippen LogP contribution in [0.15, 0.2) is 66.7 Å². The standard InChI is InChI=1S/C27H28N2O5/c1-18-27(31)29(14-13-19-7-10-23(32-2)11-8-19)17-21-15-22(9-12-25(21)34-18)28-26(30)20-5-4-6-24(16-20)33-3/h4-12,15-16,18H,13-14,17H2,1-3H3,(H,28,30)/t18-/m0/s1. The van der Waals surface area contributed by atoms with Gasteiger partial charge in [-0.15, -0.1) is 0 Å². The minimum atomic E-state index is -0.589. The predicted molar refractivity (Wildman–Crippen MR) is 130 cm³/mol. The van der Waals surface area contributed by atoms with E-state index in [1.165, 1.54) is 0 Å². The number of rotatable bonds is 7. The number of nitrogens with zero attached hydrogens (tertiary/aromatic N) is 1. The second-order valence-electron chi connectivity index (χ2n) is 8.13. The summed E-state index contributed by atoms with van der Waals surface area (Å²) in [5.41, 5.74) is 3.09. The van der Waals surface area contributed by atoms with Gasteiger partial charge in [-0.25, -0.2) is 0 Å². The van der Waals surface area contributed by atoms with Crippen LogP contribution >= 0.6 is 0 Å². The lowest BCUT2D eigenvalue weighted by Crippen LogP contribution is -2.39. The molecule has 4 rings (SSSR count). The van der Waals surface area contributed by atoms with E-state index >= 15 is 0 Å². The first-order valence-electron chi connectivity index (χ1n) is 11.1. The summed E-state index contributed by atoms with van der Waals surface area (Å²) in [6, 6.07) is 20.2. The molecule has 0 bridgehead atoms. The highest BCUT2D eigenvalue weighted by atomic mass is 16.5. The molecule has 7 heteroatoms. The minimum Gasteiger partial charge on any atom is -0.497 e. The first-order chi connectivity index (χ1) is 16.5. The van der Waals surface area contributed by atoms with Crippen molar-refractivity contribution in [3.8, 4) is 17.2 Å². The maximum Gasteiger partial charge on any atom is 0.263 e. The predicted octanol–water partition coefficient (Wildman–Crippen LogP) is 4.31. The molecule has 0 aromatic heterocycles. The van der Waals surface area contributed by atoms with Crippen molar-refractivity contribution in [2.45, 2.75) is 26.0 Å². The zero-order valence-electron chi connectivity index (χ0n) is 19.5. The van der Waals surface area contributed by atoms with Gasteiger partial charge >= 0.3 is 0 Å². The molecule has 1 heterocycles. The summed E-state index contributed by atoms with van der Waals surface area (Å²) in [6.07, 6.45) is 0.124. The maximum atomic E-state index is 12.9. The normalized spacial score (nSPS) is 15.1. The Labute approximate surface area is 199 Å². The van der Waals surface area contributed by atoms with Crippen LogP contribution in [0.5, 0.6) is 17.2 Å². The van der Waals surface area contributed by atoms with Gasteiger partial charge in [-0.05, 0) is 67.4 Å². The number of anilines is 1. The SMILES string of the molecule is COc1ccc(CCN2Cc3cc(NC(=O)c4cccc(OC)c4)ccc3O[C@@H](C)C2=O)cc1. The van der Waals surface area contributed by atoms with Crippen LogP contribution in [-0.2, 0) is 17.8 Å². The molecule has 3 aromatic rings. The highest BCUT2D eigenvalue weighted by Gasteiger charge is 2.28. The summed E-state index contributed by atoms with van der Waals surface area (Å²) in [4.78, 5) is 27.5. The Hall–Kier alpha value is -4.00. The van der Waals surface area contributed by atoms with Gasteiger partial charge in [0.2, 0.25) is 0 Å². The molecule has 1 atom stereocenters. The summed E-state index contributed by atoms with van der Waals surface area (Å²) in [5.74, 6) is 1.75. The number of amides is 2. The van der Waals surface area contributed by atoms with Gasteiger partial charge in [0.05, 0.1) is 14.2 Å². The Morgan fingerprint density at radius 3 is 2.53 bits per heavy atom. The summed E-state index contributed by atoms with van der Waals surface area (Å²) >= 11 is 0. The van der Waals surface area contributed by atoms with E-state index in [2.05, 4.69) is 5.32 Å². The van der Waals surface area contributed by atoms with E-state index in [9.17, 15) is 9.59 Å². The van der Waals surface area contributed by atoms with E-state index in [0.717, 1.165) is 16.9 Å². The molecule has 0 radical (unpaired) electrons. The van der Waals surface area contributed by atoms with Crippen molar-refractivity contribution in [1.82, 2.24) is 4.90 Å². The van der Waals surface area contributed by atoms with E-state index in [4.69, 9.17) is 14.2 Å². The van der Waals surface area contributed by atoms with Crippen molar-refractivity contribution in [3.05, 3.63) is 83.4 Å². The molecule has 0 saturated carbocycles. The van der Waals surface area contributed by atoms with E-state index in [1.54, 1.807) is 62.4 Å². The molecule has 0 saturated heterocycles. The average molecular weight is 461 g/mol. The van der Waals surface area contributed by atoms with Crippen molar-refractivity contribution < 1.29 is 23.8 Å². The molecule has 176 valence electrons. The number of nitrogens with one attached hydrogen (secondary N) is 1. The van der Waals surface area contributed by atoms with Gasteiger partial charge in [0.1, 0.15) is 17.2 Å². The molecule has 1 N–H and O–H groups in total. The van der Waals surface area contributed by atoms with Crippen molar-refractivity contribution in [2.75, 3.05) is 26.1 Å². The fraction of sp³-hybridized carbons (Fsp3) is 0.259. The monoisotopic (exact) mass is 460 g/mol. The van der Waals surface area contributed by atoms with Crippen LogP contribution in [0.1, 0.15) is 28.4 Å². The minimum absolute atomic E-state index is 0.0633. The number of carbonyl (C=O) groups excluding carboxylic acids is 2. The number of hydrogen-bond acceptors (Lipinski definition) is 5. The molecule has 0 spiro atoms. The summed E-state index contributed by atoms with van der Waals surface area (Å²) in [6.45, 7) is 2.71. The van der Waals surface area contributed by atoms with E-state index in [-0.39, 0.29) is 11.8 Å². The van der Waals surface area contributed by atoms with Crippen LogP contribution < -0.4 is 19.5 Å². The molecular weight excluding hydrogens is 432 g/mol. The largest absolute Gasteiger partial charge is 0.497 e. The third-order valence-electron chi connectivity index (χ3n) is 5.80. The lowest BCUT2D eigenvalue weighted by atomic mass is 10.1. The van der Waals surface area contributed by atoms with Crippen LogP contribution in [0.2, 0.25) is 0 Å². The zero-order valence-corrected chi connectivity index (χ0v) is 19.5. The molecule has 1 aliphatic rings. The highest BCUT2D eigenvalue weighted by Crippen LogP contribution is 2.29. The van der Waals surface area contributed by atoms with Crippen molar-refractivity contribution in [3.63, 3.8) is 0 Å². The Kier molecular flexibility index (Phi) is 7.01. The fourth-order valence-corrected chi connectivity index (χ4v) is 3.89. The van der Waals surface area contributed by atoms with Gasteiger partial charge in [-0.1, -0.05) is 18.2 Å². The van der Waals surface area contributed by atoms with Crippen molar-refractivity contribution in [1.29, 1.82) is 0 Å². The molecule has 34 heavy (non-hydrogen) atoms. The van der Waals surface area contributed by atoms with Crippen LogP contribution in [-0.4, -0.2) is 43.6 Å². The van der Waals surface area contributed by atoms with Gasteiger partial charge in [-0.2, -0.15) is 0 Å². The van der Waals surface area contributed by atoms with Gasteiger partial charge in [0.15, 0.2) is 6.10 Å². The summed E-state index contributed by atoms with van der Waals surface area (Å²) in [7, 11) is 3.20. The quantitative estimate of drug-likeness (QED) is 0.569. The van der Waals surface area contributed by atoms with E-state index in [0.29, 0.717) is 42.3 Å². The van der Waals surface area contributed by atoms with Gasteiger partial charge in [0, 0.05) is 29.9 Å². The maximum absolute atomic E-state index is 12.9. The Morgan fingerprint density at radius 1 is 1.03 bits per heavy atom. The molecule has 7 nitrogen and oxygen atoms in total. The summed E-state index contributed by atoms with van der Waals surface area (Å²) in [5, 5.41) is 2.92. The average Bonchev–Trinajstić information content (AvgIpc) is 2.98. The first-order valence-corrected chi connectivity index (χ1v) is 11.1. The fourth-order valence-electron chi connectivity index (χ4n) is 3.89. The lowest BCUT2D eigenvalue weighted by molar-refractivity contribution is -0.137. The number of carbonyl (C=O) groups is 2. The molecule has 2 amide bonds. The van der Waals surface area contributed by atoms with Gasteiger partial charge in [-0.3, -0.25) is 9.59 Å². The van der Waals surface area contributed by atoms with Gasteiger partial charge < -0.3 is 24.4 Å². The number of methoxy groups -OCH3 is 2. The Morgan fingerprint density at radius 2 is 1.79 bits per heavy atom. The van der Waals surface area contributed by atoms with Crippen molar-refractivity contribution in [2.24, 2.45) is 0 Å². The second-order valence-corrected chi connectivity index (χ2v) is 8.13. The second kappa shape index (κ2) is 10.3. The topological polar surface area (TPSA) is 77.1 Å². The Balaban J connectivity index is 1.49. The number of ether oxygens (including phenoxy) is 3. The molecule has 0 fully saturated rings. The first kappa shape index (κ1) is 23.2. The highest BCUT2D eigenvalue weighted by molar-refractivity contribution is 6.04. The number of hydrogen-bond donors (Lipinski definition) is 1. The number of benzene rings is 3. The smallest absolute Gasteiger partial charge is 0.263 e. The van der Waals surface area contributed by atoms with Crippen LogP contribution in [0.4, 0.5) is 5.69 Å². The third-order valence-corrected chi connectivity index (χ3v) is 5.80. The zero-order chi connectivity index (χ0) is 24.1. The lowest BCUT2D eigenvalue weighted by Gasteiger charge is -2.22. The van der Waals surface area contributed by atoms with Gasteiger partial charge in [0.25, 0.3) is 11.8 Å². The molecule has 0 aliphatic carbocycles. The molecule has 1 aliphatic heterocycles. The van der Waals surface area contributed by atoms with Crippen LogP contribution in [0, 0.1) is 0 Å². The molecular formula is C27H28N2O5. The number of fused-ring (bicyclic) bond motifs is 1. The third kappa shape index (κ3) is 5.31. The van der Waals surface area contributed by atoms with E-state index < -0.39 is 6.10 Å². The van der Waals surface area contributed by atoms with Crippen LogP contribution in [0.25, 0.3) is 0 Å².